The number of furan rings is 1. The Hall–Kier alpha value is -10.4. The molecule has 0 radical (unpaired) electrons. The maximum atomic E-state index is 13.6. The second-order valence-electron chi connectivity index (χ2n) is 24.2. The van der Waals surface area contributed by atoms with E-state index in [-0.39, 0.29) is 33.3 Å². The van der Waals surface area contributed by atoms with Gasteiger partial charge in [-0.2, -0.15) is 14.4 Å². The van der Waals surface area contributed by atoms with E-state index in [2.05, 4.69) is 25.0 Å². The minimum absolute atomic E-state index is 0.111. The standard InChI is InChI=1S/C22H30N6O4S.C22H26N2O4S.C19H21N5O4.C6H8O7/c1-5-7-17-19-20(27(4)25-17)22(29)24-21(23-19)16-14-15(8-9-18(16)32-6-2)33(30,31)28-12-10-26(3)11-13-28;1-15(25)28-20-21(16-9-11-17(27-4)12-10-16)29-19-8-6-5-7-18(19)24(22(20)26)14-13-23(2)3;1-26-15-10-12-13(11-16(15)27-2)21-19(22-17(12)20)24-7-5-23(6-8-24)18(25)14-4-3-9-28-14;7-3(8)1-6(13,5(11)12)2-4(9)10/h8-9,14H,5-7,10-13H2,1-4H3,(H,23,24,29);5-12,20-21H,13-14H2,1-4H3;3-4,9-11H,5-8H2,1-2H3,(H2,20,21,22);13H,1-2H2,(H,7,8)(H,9,10)(H,11,12)/t;20-,21+;;/m.1../s1. The number of hydrogen-bond acceptors (Lipinski definition) is 25. The normalized spacial score (nSPS) is 15.7. The first-order chi connectivity index (χ1) is 49.0. The van der Waals surface area contributed by atoms with Crippen molar-refractivity contribution < 1.29 is 85.7 Å². The first-order valence-corrected chi connectivity index (χ1v) is 35.0. The first-order valence-electron chi connectivity index (χ1n) is 32.7. The number of aromatic nitrogens is 6. The number of rotatable bonds is 22. The number of nitrogens with zero attached hydrogens (tertiary/aromatic N) is 11. The number of nitrogen functional groups attached to an aromatic ring is 1. The molecular weight excluding hydrogens is 1380 g/mol. The van der Waals surface area contributed by atoms with Crippen LogP contribution in [0.2, 0.25) is 0 Å². The van der Waals surface area contributed by atoms with Crippen LogP contribution in [0.25, 0.3) is 33.3 Å². The lowest BCUT2D eigenvalue weighted by atomic mass is 9.96. The molecule has 0 aliphatic carbocycles. The van der Waals surface area contributed by atoms with Gasteiger partial charge in [0.1, 0.15) is 28.7 Å². The molecule has 3 aliphatic heterocycles. The van der Waals surface area contributed by atoms with Gasteiger partial charge in [-0.1, -0.05) is 37.6 Å². The zero-order valence-electron chi connectivity index (χ0n) is 58.7. The number of esters is 1. The van der Waals surface area contributed by atoms with Crippen LogP contribution >= 0.6 is 11.8 Å². The number of nitrogens with one attached hydrogen (secondary N) is 1. The molecule has 2 atom stereocenters. The molecular formula is C69H85N13O19S2. The van der Waals surface area contributed by atoms with Crippen LogP contribution in [-0.4, -0.2) is 239 Å². The number of fused-ring (bicyclic) bond motifs is 3. The lowest BCUT2D eigenvalue weighted by Crippen LogP contribution is -2.49. The van der Waals surface area contributed by atoms with Gasteiger partial charge in [-0.3, -0.25) is 33.4 Å². The van der Waals surface area contributed by atoms with E-state index in [4.69, 9.17) is 59.2 Å². The zero-order valence-corrected chi connectivity index (χ0v) is 60.4. The van der Waals surface area contributed by atoms with Crippen molar-refractivity contribution in [3.63, 3.8) is 0 Å². The summed E-state index contributed by atoms with van der Waals surface area (Å²) in [7, 11) is 8.67. The maximum absolute atomic E-state index is 13.6. The SMILES string of the molecule is CCCc1nn(C)c2c(=O)[nH]c(-c3cc(S(=O)(=O)N4CCN(C)CC4)ccc3OCC)nc12.COc1cc2nc(N3CCN(C(=O)c4ccco4)CC3)nc(N)c2cc1OC.COc1ccc([C@@H]2Sc3ccccc3N(CCN(C)C)C(=O)[C@@H]2OC(C)=O)cc1.O=C(O)CC(O)(CC(=O)O)C(=O)O. The molecule has 7 heterocycles. The van der Waals surface area contributed by atoms with Crippen LogP contribution < -0.4 is 40.0 Å². The minimum Gasteiger partial charge on any atom is -0.497 e. The number of carboxylic acids is 3. The van der Waals surface area contributed by atoms with Gasteiger partial charge in [-0.15, -0.1) is 11.8 Å². The number of amides is 2. The highest BCUT2D eigenvalue weighted by atomic mass is 32.2. The van der Waals surface area contributed by atoms with Crippen LogP contribution in [0.4, 0.5) is 17.5 Å². The monoisotopic (exact) mass is 1460 g/mol. The van der Waals surface area contributed by atoms with Crippen molar-refractivity contribution in [2.75, 3.05) is 130 Å². The predicted octanol–water partition coefficient (Wildman–Crippen LogP) is 5.52. The Bertz CT molecular complexity index is 4490. The van der Waals surface area contributed by atoms with Crippen molar-refractivity contribution in [2.24, 2.45) is 7.05 Å². The minimum atomic E-state index is -3.70. The number of likely N-dealkylation sites (N-methyl/N-ethyl adjacent to an activating group) is 2. The molecule has 2 amide bonds. The van der Waals surface area contributed by atoms with E-state index in [9.17, 15) is 42.0 Å². The predicted molar refractivity (Wildman–Crippen MR) is 381 cm³/mol. The molecule has 11 rings (SSSR count). The molecule has 4 aromatic carbocycles. The maximum Gasteiger partial charge on any atom is 0.336 e. The number of para-hydroxylation sites is 1. The number of aromatic amines is 1. The van der Waals surface area contributed by atoms with Crippen molar-refractivity contribution in [3.8, 4) is 34.4 Å². The van der Waals surface area contributed by atoms with Crippen LogP contribution in [-0.2, 0) is 52.2 Å². The molecule has 0 unspecified atom stereocenters. The number of nitrogens with two attached hydrogens (primary N) is 1. The number of aryl methyl sites for hydroxylation is 2. The van der Waals surface area contributed by atoms with Crippen molar-refractivity contribution >= 4 is 96.9 Å². The summed E-state index contributed by atoms with van der Waals surface area (Å²) in [5, 5.41) is 38.6. The molecule has 7 N–H and O–H groups in total. The Morgan fingerprint density at radius 3 is 2.04 bits per heavy atom. The Kier molecular flexibility index (Phi) is 26.6. The van der Waals surface area contributed by atoms with E-state index in [1.165, 1.54) is 22.2 Å². The fraction of sp³-hybridized carbons (Fsp3) is 0.406. The number of methoxy groups -OCH3 is 3. The molecule has 0 bridgehead atoms. The summed E-state index contributed by atoms with van der Waals surface area (Å²) in [5.74, 6) is -1.96. The summed E-state index contributed by atoms with van der Waals surface area (Å²) < 4.78 is 62.1. The Labute approximate surface area is 597 Å². The molecule has 32 nitrogen and oxygen atoms in total. The topological polar surface area (TPSA) is 412 Å². The van der Waals surface area contributed by atoms with Gasteiger partial charge in [0.25, 0.3) is 17.4 Å². The lowest BCUT2D eigenvalue weighted by molar-refractivity contribution is -0.170. The average Bonchev–Trinajstić information content (AvgIpc) is 1.75. The van der Waals surface area contributed by atoms with Gasteiger partial charge < -0.3 is 83.7 Å². The molecule has 552 valence electrons. The highest BCUT2D eigenvalue weighted by Gasteiger charge is 2.42. The molecule has 2 fully saturated rings. The third-order valence-electron chi connectivity index (χ3n) is 16.6. The number of ether oxygens (including phenoxy) is 5. The lowest BCUT2D eigenvalue weighted by Gasteiger charge is -2.34. The quantitative estimate of drug-likeness (QED) is 0.0455. The second kappa shape index (κ2) is 35.0. The van der Waals surface area contributed by atoms with Gasteiger partial charge >= 0.3 is 23.9 Å². The van der Waals surface area contributed by atoms with Gasteiger partial charge in [-0.25, -0.2) is 23.2 Å². The Morgan fingerprint density at radius 1 is 0.796 bits per heavy atom. The largest absolute Gasteiger partial charge is 0.497 e. The zero-order chi connectivity index (χ0) is 75.0. The molecule has 3 aliphatic rings. The number of aliphatic hydroxyl groups is 1. The number of carboxylic acid groups (broad SMARTS) is 3. The second-order valence-corrected chi connectivity index (χ2v) is 27.3. The van der Waals surface area contributed by atoms with Crippen LogP contribution in [0.15, 0.2) is 116 Å². The van der Waals surface area contributed by atoms with Gasteiger partial charge in [0.2, 0.25) is 16.0 Å². The van der Waals surface area contributed by atoms with Crippen LogP contribution in [0.5, 0.6) is 23.0 Å². The van der Waals surface area contributed by atoms with Crippen LogP contribution in [0.3, 0.4) is 0 Å². The molecule has 4 aromatic heterocycles. The third-order valence-corrected chi connectivity index (χ3v) is 19.9. The van der Waals surface area contributed by atoms with Crippen LogP contribution in [0.1, 0.15) is 67.1 Å². The summed E-state index contributed by atoms with van der Waals surface area (Å²) in [5.41, 5.74) is 7.60. The first kappa shape index (κ1) is 78.3. The molecule has 103 heavy (non-hydrogen) atoms. The highest BCUT2D eigenvalue weighted by molar-refractivity contribution is 7.99. The molecule has 0 saturated carbocycles. The van der Waals surface area contributed by atoms with E-state index in [0.717, 1.165) is 34.0 Å². The number of H-pyrrole nitrogens is 1. The van der Waals surface area contributed by atoms with Crippen LogP contribution in [0, 0.1) is 0 Å². The smallest absolute Gasteiger partial charge is 0.336 e. The van der Waals surface area contributed by atoms with Gasteiger partial charge in [-0.05, 0) is 101 Å². The van der Waals surface area contributed by atoms with Crippen molar-refractivity contribution in [1.82, 2.24) is 48.7 Å². The number of sulfonamides is 1. The van der Waals surface area contributed by atoms with E-state index < -0.39 is 58.4 Å². The fourth-order valence-corrected chi connectivity index (χ4v) is 14.1. The van der Waals surface area contributed by atoms with Crippen molar-refractivity contribution in [1.29, 1.82) is 0 Å². The summed E-state index contributed by atoms with van der Waals surface area (Å²) in [6.45, 7) is 11.3. The van der Waals surface area contributed by atoms with Gasteiger partial charge in [0.05, 0.1) is 79.6 Å². The summed E-state index contributed by atoms with van der Waals surface area (Å²) >= 11 is 1.54. The number of thioether (sulfide) groups is 1. The number of benzene rings is 4. The molecule has 2 saturated heterocycles. The number of piperazine rings is 2. The highest BCUT2D eigenvalue weighted by Crippen LogP contribution is 2.47. The van der Waals surface area contributed by atoms with E-state index >= 15 is 0 Å². The third kappa shape index (κ3) is 19.2. The molecule has 34 heteroatoms. The molecule has 8 aromatic rings. The van der Waals surface area contributed by atoms with E-state index in [0.29, 0.717) is 141 Å². The number of carbonyl (C=O) groups is 6. The Balaban J connectivity index is 0.000000181. The van der Waals surface area contributed by atoms with E-state index in [1.54, 1.807) is 92.4 Å². The van der Waals surface area contributed by atoms with Gasteiger partial charge in [0.15, 0.2) is 34.5 Å². The fourth-order valence-electron chi connectivity index (χ4n) is 11.3. The number of anilines is 3. The number of carbonyl (C=O) groups excluding carboxylic acids is 3. The average molecular weight is 1460 g/mol. The number of aliphatic carboxylic acids is 3. The van der Waals surface area contributed by atoms with Gasteiger partial charge in [0, 0.05) is 95.8 Å². The van der Waals surface area contributed by atoms with E-state index in [1.807, 2.05) is 93.3 Å². The summed E-state index contributed by atoms with van der Waals surface area (Å²) in [6, 6.07) is 27.0. The Morgan fingerprint density at radius 2 is 1.46 bits per heavy atom. The van der Waals surface area contributed by atoms with Crippen molar-refractivity contribution in [2.45, 2.75) is 73.2 Å². The number of hydrogen-bond donors (Lipinski definition) is 6. The summed E-state index contributed by atoms with van der Waals surface area (Å²) in [6.07, 6.45) is -0.162. The molecule has 0 spiro atoms. The summed E-state index contributed by atoms with van der Waals surface area (Å²) in [4.78, 5) is 109. The van der Waals surface area contributed by atoms with Crippen molar-refractivity contribution in [3.05, 3.63) is 125 Å².